The SMILES string of the molecule is CC(C)(C)C(Nc1ccc([N+](=O)[O-])cn1)c1ccc(F)cc1. The standard InChI is InChI=1S/C16H18FN3O2/c1-16(2,3)15(11-4-6-12(17)7-5-11)19-14-9-8-13(10-18-14)20(21)22/h4-10,15H,1-3H3,(H,18,19). The highest BCUT2D eigenvalue weighted by molar-refractivity contribution is 5.43. The number of rotatable bonds is 4. The average Bonchev–Trinajstić information content (AvgIpc) is 2.45. The molecule has 0 aliphatic rings. The van der Waals surface area contributed by atoms with Gasteiger partial charge in [-0.2, -0.15) is 0 Å². The first-order valence-electron chi connectivity index (χ1n) is 6.90. The molecule has 2 rings (SSSR count). The minimum absolute atomic E-state index is 0.0559. The van der Waals surface area contributed by atoms with E-state index < -0.39 is 4.92 Å². The van der Waals surface area contributed by atoms with E-state index in [0.29, 0.717) is 5.82 Å². The molecule has 0 radical (unpaired) electrons. The van der Waals surface area contributed by atoms with Gasteiger partial charge in [-0.05, 0) is 29.2 Å². The van der Waals surface area contributed by atoms with Gasteiger partial charge in [0.15, 0.2) is 0 Å². The van der Waals surface area contributed by atoms with Crippen molar-refractivity contribution in [1.29, 1.82) is 0 Å². The van der Waals surface area contributed by atoms with Crippen molar-refractivity contribution in [3.8, 4) is 0 Å². The van der Waals surface area contributed by atoms with E-state index in [1.807, 2.05) is 0 Å². The molecule has 5 nitrogen and oxygen atoms in total. The number of halogens is 1. The summed E-state index contributed by atoms with van der Waals surface area (Å²) in [6, 6.07) is 9.15. The largest absolute Gasteiger partial charge is 0.363 e. The predicted octanol–water partition coefficient (Wildman–Crippen LogP) is 4.33. The van der Waals surface area contributed by atoms with E-state index in [0.717, 1.165) is 5.56 Å². The molecule has 1 unspecified atom stereocenters. The van der Waals surface area contributed by atoms with Crippen molar-refractivity contribution in [1.82, 2.24) is 4.98 Å². The molecule has 0 spiro atoms. The summed E-state index contributed by atoms with van der Waals surface area (Å²) in [7, 11) is 0. The number of pyridine rings is 1. The molecular formula is C16H18FN3O2. The molecule has 0 amide bonds. The second kappa shape index (κ2) is 6.09. The molecular weight excluding hydrogens is 285 g/mol. The number of anilines is 1. The molecule has 22 heavy (non-hydrogen) atoms. The van der Waals surface area contributed by atoms with Gasteiger partial charge < -0.3 is 5.32 Å². The highest BCUT2D eigenvalue weighted by atomic mass is 19.1. The molecule has 2 aromatic rings. The maximum Gasteiger partial charge on any atom is 0.287 e. The monoisotopic (exact) mass is 303 g/mol. The van der Waals surface area contributed by atoms with Crippen LogP contribution in [0.2, 0.25) is 0 Å². The first-order chi connectivity index (χ1) is 10.3. The Balaban J connectivity index is 2.27. The van der Waals surface area contributed by atoms with Crippen molar-refractivity contribution in [3.05, 3.63) is 64.1 Å². The zero-order valence-corrected chi connectivity index (χ0v) is 12.7. The summed E-state index contributed by atoms with van der Waals surface area (Å²) in [4.78, 5) is 14.2. The van der Waals surface area contributed by atoms with Gasteiger partial charge in [-0.1, -0.05) is 32.9 Å². The number of nitro groups is 1. The van der Waals surface area contributed by atoms with Gasteiger partial charge in [0.1, 0.15) is 17.8 Å². The van der Waals surface area contributed by atoms with Crippen LogP contribution < -0.4 is 5.32 Å². The van der Waals surface area contributed by atoms with Crippen LogP contribution in [0.5, 0.6) is 0 Å². The van der Waals surface area contributed by atoms with Crippen LogP contribution in [0.1, 0.15) is 32.4 Å². The first-order valence-corrected chi connectivity index (χ1v) is 6.90. The fourth-order valence-corrected chi connectivity index (χ4v) is 2.18. The van der Waals surface area contributed by atoms with Gasteiger partial charge in [0.2, 0.25) is 0 Å². The molecule has 1 aromatic heterocycles. The van der Waals surface area contributed by atoms with E-state index in [4.69, 9.17) is 0 Å². The van der Waals surface area contributed by atoms with Gasteiger partial charge >= 0.3 is 0 Å². The van der Waals surface area contributed by atoms with Crippen LogP contribution in [0.25, 0.3) is 0 Å². The molecule has 1 atom stereocenters. The van der Waals surface area contributed by atoms with Crippen LogP contribution in [0, 0.1) is 21.3 Å². The molecule has 0 aliphatic heterocycles. The van der Waals surface area contributed by atoms with Crippen molar-refractivity contribution in [2.24, 2.45) is 5.41 Å². The molecule has 6 heteroatoms. The third kappa shape index (κ3) is 3.78. The lowest BCUT2D eigenvalue weighted by Gasteiger charge is -2.32. The second-order valence-corrected chi connectivity index (χ2v) is 6.15. The Morgan fingerprint density at radius 2 is 1.82 bits per heavy atom. The number of benzene rings is 1. The highest BCUT2D eigenvalue weighted by Gasteiger charge is 2.26. The molecule has 0 aliphatic carbocycles. The van der Waals surface area contributed by atoms with Crippen molar-refractivity contribution in [2.75, 3.05) is 5.32 Å². The van der Waals surface area contributed by atoms with Crippen LogP contribution in [0.4, 0.5) is 15.9 Å². The zero-order valence-electron chi connectivity index (χ0n) is 12.7. The van der Waals surface area contributed by atoms with Gasteiger partial charge in [0.05, 0.1) is 11.0 Å². The van der Waals surface area contributed by atoms with Crippen molar-refractivity contribution in [3.63, 3.8) is 0 Å². The molecule has 1 N–H and O–H groups in total. The molecule has 0 saturated heterocycles. The van der Waals surface area contributed by atoms with E-state index in [1.165, 1.54) is 24.4 Å². The third-order valence-corrected chi connectivity index (χ3v) is 3.32. The van der Waals surface area contributed by atoms with Gasteiger partial charge in [0, 0.05) is 6.07 Å². The minimum Gasteiger partial charge on any atom is -0.363 e. The Morgan fingerprint density at radius 3 is 2.27 bits per heavy atom. The number of aromatic nitrogens is 1. The maximum atomic E-state index is 13.1. The lowest BCUT2D eigenvalue weighted by Crippen LogP contribution is -2.26. The summed E-state index contributed by atoms with van der Waals surface area (Å²) in [5, 5.41) is 13.9. The summed E-state index contributed by atoms with van der Waals surface area (Å²) in [6.07, 6.45) is 1.21. The quantitative estimate of drug-likeness (QED) is 0.674. The van der Waals surface area contributed by atoms with E-state index in [1.54, 1.807) is 18.2 Å². The zero-order chi connectivity index (χ0) is 16.3. The van der Waals surface area contributed by atoms with Crippen LogP contribution in [0.15, 0.2) is 42.6 Å². The van der Waals surface area contributed by atoms with E-state index in [9.17, 15) is 14.5 Å². The third-order valence-electron chi connectivity index (χ3n) is 3.32. The predicted molar refractivity (Wildman–Crippen MR) is 83.1 cm³/mol. The van der Waals surface area contributed by atoms with Crippen LogP contribution in [-0.4, -0.2) is 9.91 Å². The topological polar surface area (TPSA) is 68.1 Å². The number of nitrogens with one attached hydrogen (secondary N) is 1. The molecule has 0 saturated carbocycles. The summed E-state index contributed by atoms with van der Waals surface area (Å²) in [5.74, 6) is 0.250. The van der Waals surface area contributed by atoms with Crippen molar-refractivity contribution < 1.29 is 9.31 Å². The lowest BCUT2D eigenvalue weighted by atomic mass is 9.82. The second-order valence-electron chi connectivity index (χ2n) is 6.15. The van der Waals surface area contributed by atoms with Gasteiger partial charge in [-0.25, -0.2) is 9.37 Å². The Hall–Kier alpha value is -2.50. The Morgan fingerprint density at radius 1 is 1.18 bits per heavy atom. The van der Waals surface area contributed by atoms with Crippen LogP contribution in [-0.2, 0) is 0 Å². The maximum absolute atomic E-state index is 13.1. The number of hydrogen-bond acceptors (Lipinski definition) is 4. The molecule has 1 heterocycles. The van der Waals surface area contributed by atoms with E-state index >= 15 is 0 Å². The molecule has 0 bridgehead atoms. The van der Waals surface area contributed by atoms with Crippen molar-refractivity contribution >= 4 is 11.5 Å². The number of hydrogen-bond donors (Lipinski definition) is 1. The van der Waals surface area contributed by atoms with Gasteiger partial charge in [0.25, 0.3) is 5.69 Å². The Bertz CT molecular complexity index is 649. The van der Waals surface area contributed by atoms with E-state index in [2.05, 4.69) is 31.1 Å². The van der Waals surface area contributed by atoms with Gasteiger partial charge in [-0.3, -0.25) is 10.1 Å². The fraction of sp³-hybridized carbons (Fsp3) is 0.312. The molecule has 1 aromatic carbocycles. The average molecular weight is 303 g/mol. The summed E-state index contributed by atoms with van der Waals surface area (Å²) < 4.78 is 13.1. The lowest BCUT2D eigenvalue weighted by molar-refractivity contribution is -0.385. The van der Waals surface area contributed by atoms with Gasteiger partial charge in [-0.15, -0.1) is 0 Å². The Kier molecular flexibility index (Phi) is 4.40. The Labute approximate surface area is 128 Å². The normalized spacial score (nSPS) is 12.7. The minimum atomic E-state index is -0.488. The summed E-state index contributed by atoms with van der Waals surface area (Å²) in [6.45, 7) is 6.16. The van der Waals surface area contributed by atoms with Crippen molar-refractivity contribution in [2.45, 2.75) is 26.8 Å². The summed E-state index contributed by atoms with van der Waals surface area (Å²) >= 11 is 0. The number of nitrogens with zero attached hydrogens (tertiary/aromatic N) is 2. The smallest absolute Gasteiger partial charge is 0.287 e. The van der Waals surface area contributed by atoms with Crippen LogP contribution >= 0.6 is 0 Å². The molecule has 116 valence electrons. The fourth-order valence-electron chi connectivity index (χ4n) is 2.18. The molecule has 0 fully saturated rings. The highest BCUT2D eigenvalue weighted by Crippen LogP contribution is 2.35. The first kappa shape index (κ1) is 15.9. The van der Waals surface area contributed by atoms with E-state index in [-0.39, 0.29) is 23.0 Å². The summed E-state index contributed by atoms with van der Waals surface area (Å²) in [5.41, 5.74) is 0.718. The van der Waals surface area contributed by atoms with Crippen LogP contribution in [0.3, 0.4) is 0 Å².